The molecule has 4 saturated carbocycles. The van der Waals surface area contributed by atoms with E-state index in [1.165, 1.54) is 38.5 Å². The summed E-state index contributed by atoms with van der Waals surface area (Å²) >= 11 is 0. The lowest BCUT2D eigenvalue weighted by Gasteiger charge is -2.60. The molecule has 0 aromatic rings. The van der Waals surface area contributed by atoms with Gasteiger partial charge in [-0.05, 0) is 91.3 Å². The number of hydrogen-bond acceptors (Lipinski definition) is 2. The van der Waals surface area contributed by atoms with E-state index in [0.717, 1.165) is 49.4 Å². The first-order chi connectivity index (χ1) is 13.2. The maximum Gasteiger partial charge on any atom is 0.136 e. The fraction of sp³-hybridized carbons (Fsp3) is 0.962. The van der Waals surface area contributed by atoms with Crippen LogP contribution < -0.4 is 0 Å². The third-order valence-electron chi connectivity index (χ3n) is 10.4. The van der Waals surface area contributed by atoms with Gasteiger partial charge in [0.05, 0.1) is 6.10 Å². The maximum atomic E-state index is 13.2. The molecule has 0 aromatic carbocycles. The van der Waals surface area contributed by atoms with E-state index >= 15 is 0 Å². The van der Waals surface area contributed by atoms with Crippen molar-refractivity contribution in [1.82, 2.24) is 0 Å². The highest BCUT2D eigenvalue weighted by Gasteiger charge is 2.62. The van der Waals surface area contributed by atoms with Crippen LogP contribution in [-0.4, -0.2) is 17.0 Å². The summed E-state index contributed by atoms with van der Waals surface area (Å²) in [5.41, 5.74) is 0.608. The van der Waals surface area contributed by atoms with Gasteiger partial charge in [-0.25, -0.2) is 0 Å². The van der Waals surface area contributed by atoms with E-state index in [0.29, 0.717) is 23.0 Å². The molecule has 0 radical (unpaired) electrons. The fourth-order valence-corrected chi connectivity index (χ4v) is 8.79. The lowest BCUT2D eigenvalue weighted by Crippen LogP contribution is -2.57. The van der Waals surface area contributed by atoms with E-state index in [1.807, 2.05) is 0 Å². The van der Waals surface area contributed by atoms with Crippen LogP contribution >= 0.6 is 0 Å². The third kappa shape index (κ3) is 3.21. The lowest BCUT2D eigenvalue weighted by atomic mass is 9.44. The monoisotopic (exact) mass is 388 g/mol. The summed E-state index contributed by atoms with van der Waals surface area (Å²) in [6.45, 7) is 12.2. The summed E-state index contributed by atoms with van der Waals surface area (Å²) in [6, 6.07) is 0. The predicted molar refractivity (Wildman–Crippen MR) is 115 cm³/mol. The molecular weight excluding hydrogens is 344 g/mol. The molecule has 9 atom stereocenters. The molecule has 160 valence electrons. The van der Waals surface area contributed by atoms with Crippen molar-refractivity contribution in [3.05, 3.63) is 0 Å². The second-order valence-corrected chi connectivity index (χ2v) is 12.2. The van der Waals surface area contributed by atoms with E-state index in [4.69, 9.17) is 0 Å². The SMILES string of the molecule is CC(C)CCC(C)[C@H]1CC[C@H]2[C@@H]3CC(=O)[C@H]4C[C@H](O)CC[C@]4(C)[C@H]3CC[C@]12C. The molecule has 0 saturated heterocycles. The summed E-state index contributed by atoms with van der Waals surface area (Å²) < 4.78 is 0. The van der Waals surface area contributed by atoms with Crippen LogP contribution in [0.2, 0.25) is 0 Å². The molecule has 0 heterocycles. The number of ketones is 1. The van der Waals surface area contributed by atoms with Gasteiger partial charge in [0, 0.05) is 12.3 Å². The van der Waals surface area contributed by atoms with Crippen LogP contribution in [0.15, 0.2) is 0 Å². The Labute approximate surface area is 173 Å². The minimum Gasteiger partial charge on any atom is -0.393 e. The quantitative estimate of drug-likeness (QED) is 0.617. The molecule has 1 N–H and O–H groups in total. The molecule has 1 unspecified atom stereocenters. The summed E-state index contributed by atoms with van der Waals surface area (Å²) in [5.74, 6) is 5.18. The van der Waals surface area contributed by atoms with Gasteiger partial charge in [0.1, 0.15) is 5.78 Å². The van der Waals surface area contributed by atoms with E-state index in [1.54, 1.807) is 0 Å². The average Bonchev–Trinajstić information content (AvgIpc) is 2.99. The summed E-state index contributed by atoms with van der Waals surface area (Å²) in [7, 11) is 0. The molecule has 2 nitrogen and oxygen atoms in total. The Morgan fingerprint density at radius 3 is 2.36 bits per heavy atom. The summed E-state index contributed by atoms with van der Waals surface area (Å²) in [4.78, 5) is 13.2. The van der Waals surface area contributed by atoms with Crippen LogP contribution in [0.3, 0.4) is 0 Å². The predicted octanol–water partition coefficient (Wildman–Crippen LogP) is 6.26. The minimum absolute atomic E-state index is 0.129. The van der Waals surface area contributed by atoms with Crippen LogP contribution in [0.1, 0.15) is 98.8 Å². The third-order valence-corrected chi connectivity index (χ3v) is 10.4. The molecule has 0 aromatic heterocycles. The Balaban J connectivity index is 1.55. The van der Waals surface area contributed by atoms with Gasteiger partial charge in [-0.1, -0.05) is 47.5 Å². The highest BCUT2D eigenvalue weighted by atomic mass is 16.3. The first kappa shape index (κ1) is 20.9. The number of hydrogen-bond donors (Lipinski definition) is 1. The molecular formula is C26H44O2. The largest absolute Gasteiger partial charge is 0.393 e. The number of carbonyl (C=O) groups is 1. The zero-order valence-corrected chi connectivity index (χ0v) is 19.0. The number of rotatable bonds is 4. The summed E-state index contributed by atoms with van der Waals surface area (Å²) in [6.07, 6.45) is 11.4. The second-order valence-electron chi connectivity index (χ2n) is 12.2. The van der Waals surface area contributed by atoms with Crippen molar-refractivity contribution in [3.8, 4) is 0 Å². The maximum absolute atomic E-state index is 13.2. The molecule has 0 aliphatic heterocycles. The van der Waals surface area contributed by atoms with Crippen molar-refractivity contribution in [1.29, 1.82) is 0 Å². The Hall–Kier alpha value is -0.370. The molecule has 0 bridgehead atoms. The Morgan fingerprint density at radius 2 is 1.64 bits per heavy atom. The number of aliphatic hydroxyl groups is 1. The topological polar surface area (TPSA) is 37.3 Å². The average molecular weight is 389 g/mol. The van der Waals surface area contributed by atoms with Gasteiger partial charge in [-0.2, -0.15) is 0 Å². The molecule has 2 heteroatoms. The summed E-state index contributed by atoms with van der Waals surface area (Å²) in [5, 5.41) is 10.2. The molecule has 4 aliphatic rings. The highest BCUT2D eigenvalue weighted by molar-refractivity contribution is 5.83. The number of Topliss-reactive ketones (excluding diaryl/α,β-unsaturated/α-hetero) is 1. The van der Waals surface area contributed by atoms with Crippen LogP contribution in [0.25, 0.3) is 0 Å². The number of fused-ring (bicyclic) bond motifs is 5. The van der Waals surface area contributed by atoms with E-state index in [9.17, 15) is 9.90 Å². The standard InChI is InChI=1S/C26H44O2/c1-16(2)6-7-17(3)20-8-9-21-19-15-24(28)23-14-18(27)10-12-26(23,5)22(19)11-13-25(20,21)4/h16-23,27H,6-15H2,1-5H3/t17?,18-,19+,20-,21+,22+,23-,25-,26-/m1/s1. The molecule has 28 heavy (non-hydrogen) atoms. The smallest absolute Gasteiger partial charge is 0.136 e. The van der Waals surface area contributed by atoms with Crippen molar-refractivity contribution in [2.24, 2.45) is 52.3 Å². The van der Waals surface area contributed by atoms with E-state index in [-0.39, 0.29) is 17.4 Å². The van der Waals surface area contributed by atoms with Gasteiger partial charge in [-0.15, -0.1) is 0 Å². The fourth-order valence-electron chi connectivity index (χ4n) is 8.79. The van der Waals surface area contributed by atoms with Gasteiger partial charge in [-0.3, -0.25) is 4.79 Å². The lowest BCUT2D eigenvalue weighted by molar-refractivity contribution is -0.160. The van der Waals surface area contributed by atoms with Crippen molar-refractivity contribution in [3.63, 3.8) is 0 Å². The zero-order valence-electron chi connectivity index (χ0n) is 19.0. The van der Waals surface area contributed by atoms with Crippen LogP contribution in [0, 0.1) is 52.3 Å². The molecule has 4 aliphatic carbocycles. The Kier molecular flexibility index (Phi) is 5.52. The highest BCUT2D eigenvalue weighted by Crippen LogP contribution is 2.67. The van der Waals surface area contributed by atoms with Gasteiger partial charge in [0.2, 0.25) is 0 Å². The van der Waals surface area contributed by atoms with Gasteiger partial charge >= 0.3 is 0 Å². The Morgan fingerprint density at radius 1 is 0.964 bits per heavy atom. The van der Waals surface area contributed by atoms with Gasteiger partial charge in [0.15, 0.2) is 0 Å². The van der Waals surface area contributed by atoms with Crippen molar-refractivity contribution < 1.29 is 9.90 Å². The molecule has 4 rings (SSSR count). The molecule has 0 spiro atoms. The Bertz CT molecular complexity index is 597. The van der Waals surface area contributed by atoms with Crippen LogP contribution in [0.5, 0.6) is 0 Å². The first-order valence-electron chi connectivity index (χ1n) is 12.4. The first-order valence-corrected chi connectivity index (χ1v) is 12.4. The zero-order chi connectivity index (χ0) is 20.3. The molecule has 4 fully saturated rings. The van der Waals surface area contributed by atoms with Gasteiger partial charge in [0.25, 0.3) is 0 Å². The van der Waals surface area contributed by atoms with Crippen molar-refractivity contribution in [2.45, 2.75) is 105 Å². The van der Waals surface area contributed by atoms with Crippen molar-refractivity contribution in [2.75, 3.05) is 0 Å². The van der Waals surface area contributed by atoms with Gasteiger partial charge < -0.3 is 5.11 Å². The molecule has 0 amide bonds. The minimum atomic E-state index is -0.245. The van der Waals surface area contributed by atoms with Crippen LogP contribution in [-0.2, 0) is 4.79 Å². The second kappa shape index (κ2) is 7.40. The van der Waals surface area contributed by atoms with E-state index in [2.05, 4.69) is 34.6 Å². The van der Waals surface area contributed by atoms with Crippen LogP contribution in [0.4, 0.5) is 0 Å². The van der Waals surface area contributed by atoms with E-state index < -0.39 is 0 Å². The number of carbonyl (C=O) groups excluding carboxylic acids is 1. The normalized spacial score (nSPS) is 49.5. The number of aliphatic hydroxyl groups excluding tert-OH is 1. The van der Waals surface area contributed by atoms with Crippen molar-refractivity contribution >= 4 is 5.78 Å².